The molecule has 0 aromatic heterocycles. The predicted molar refractivity (Wildman–Crippen MR) is 72.1 cm³/mol. The molecular weight excluding hydrogens is 274 g/mol. The molecule has 0 spiro atoms. The Hall–Kier alpha value is -2.01. The quantitative estimate of drug-likeness (QED) is 0.839. The van der Waals surface area contributed by atoms with Crippen LogP contribution in [0.25, 0.3) is 0 Å². The van der Waals surface area contributed by atoms with Gasteiger partial charge in [0.25, 0.3) is 0 Å². The lowest BCUT2D eigenvalue weighted by atomic mass is 10.2. The number of methoxy groups -OCH3 is 1. The molecule has 3 nitrogen and oxygen atoms in total. The summed E-state index contributed by atoms with van der Waals surface area (Å²) in [7, 11) is 1.33. The summed E-state index contributed by atoms with van der Waals surface area (Å²) >= 11 is 5.66. The molecule has 0 bridgehead atoms. The molecular formula is C13H11ClF2N2O. The summed E-state index contributed by atoms with van der Waals surface area (Å²) in [5, 5.41) is 3.05. The molecule has 0 aliphatic heterocycles. The highest BCUT2D eigenvalue weighted by Gasteiger charge is 2.10. The first kappa shape index (κ1) is 13.4. The van der Waals surface area contributed by atoms with Gasteiger partial charge >= 0.3 is 0 Å². The average Bonchev–Trinajstić information content (AvgIpc) is 2.35. The van der Waals surface area contributed by atoms with Crippen molar-refractivity contribution in [2.45, 2.75) is 0 Å². The van der Waals surface area contributed by atoms with E-state index in [0.29, 0.717) is 5.69 Å². The van der Waals surface area contributed by atoms with Gasteiger partial charge in [0.05, 0.1) is 24.2 Å². The van der Waals surface area contributed by atoms with E-state index in [1.165, 1.54) is 31.4 Å². The standard InChI is InChI=1S/C13H11ClF2N2O/c1-19-13-6-12(10(17)5-9(13)16)18-11-3-2-7(14)4-8(11)15/h2-6,18H,17H2,1H3. The molecule has 0 aliphatic rings. The Morgan fingerprint density at radius 3 is 2.47 bits per heavy atom. The van der Waals surface area contributed by atoms with Crippen LogP contribution in [0.15, 0.2) is 30.3 Å². The van der Waals surface area contributed by atoms with Crippen LogP contribution in [0.1, 0.15) is 0 Å². The highest BCUT2D eigenvalue weighted by Crippen LogP contribution is 2.31. The minimum absolute atomic E-state index is 0.0195. The Balaban J connectivity index is 2.37. The van der Waals surface area contributed by atoms with Crippen molar-refractivity contribution >= 4 is 28.7 Å². The second-order valence-corrected chi connectivity index (χ2v) is 4.26. The molecule has 2 rings (SSSR count). The predicted octanol–water partition coefficient (Wildman–Crippen LogP) is 3.95. The lowest BCUT2D eigenvalue weighted by Crippen LogP contribution is -2.00. The van der Waals surface area contributed by atoms with Crippen LogP contribution in [0.5, 0.6) is 5.75 Å². The topological polar surface area (TPSA) is 47.3 Å². The van der Waals surface area contributed by atoms with Crippen LogP contribution >= 0.6 is 11.6 Å². The van der Waals surface area contributed by atoms with Gasteiger partial charge in [0.2, 0.25) is 0 Å². The largest absolute Gasteiger partial charge is 0.494 e. The molecule has 0 amide bonds. The molecule has 19 heavy (non-hydrogen) atoms. The van der Waals surface area contributed by atoms with Gasteiger partial charge in [-0.2, -0.15) is 0 Å². The number of rotatable bonds is 3. The molecule has 0 radical (unpaired) electrons. The molecule has 2 aromatic rings. The molecule has 6 heteroatoms. The molecule has 0 saturated carbocycles. The van der Waals surface area contributed by atoms with Crippen molar-refractivity contribution in [3.8, 4) is 5.75 Å². The van der Waals surface area contributed by atoms with Crippen LogP contribution in [0.4, 0.5) is 25.8 Å². The third-order valence-corrected chi connectivity index (χ3v) is 2.76. The zero-order valence-electron chi connectivity index (χ0n) is 10.0. The first-order chi connectivity index (χ1) is 9.01. The fourth-order valence-corrected chi connectivity index (χ4v) is 1.73. The lowest BCUT2D eigenvalue weighted by molar-refractivity contribution is 0.387. The second-order valence-electron chi connectivity index (χ2n) is 3.82. The molecule has 0 atom stereocenters. The van der Waals surface area contributed by atoms with Crippen molar-refractivity contribution in [2.24, 2.45) is 0 Å². The average molecular weight is 285 g/mol. The third kappa shape index (κ3) is 2.88. The fourth-order valence-electron chi connectivity index (χ4n) is 1.57. The number of benzene rings is 2. The zero-order valence-corrected chi connectivity index (χ0v) is 10.8. The molecule has 0 aliphatic carbocycles. The highest BCUT2D eigenvalue weighted by atomic mass is 35.5. The van der Waals surface area contributed by atoms with Gasteiger partial charge < -0.3 is 15.8 Å². The number of nitrogens with one attached hydrogen (secondary N) is 1. The zero-order chi connectivity index (χ0) is 14.0. The molecule has 100 valence electrons. The Kier molecular flexibility index (Phi) is 3.76. The van der Waals surface area contributed by atoms with Crippen molar-refractivity contribution in [1.29, 1.82) is 0 Å². The Morgan fingerprint density at radius 1 is 1.11 bits per heavy atom. The lowest BCUT2D eigenvalue weighted by Gasteiger charge is -2.12. The molecule has 0 heterocycles. The van der Waals surface area contributed by atoms with E-state index in [0.717, 1.165) is 6.07 Å². The smallest absolute Gasteiger partial charge is 0.167 e. The maximum absolute atomic E-state index is 13.6. The number of hydrogen-bond acceptors (Lipinski definition) is 3. The van der Waals surface area contributed by atoms with E-state index in [1.807, 2.05) is 0 Å². The maximum atomic E-state index is 13.6. The summed E-state index contributed by atoms with van der Waals surface area (Å²) in [5.74, 6) is -1.09. The Labute approximate surface area is 113 Å². The second kappa shape index (κ2) is 5.32. The van der Waals surface area contributed by atoms with Crippen LogP contribution in [0, 0.1) is 11.6 Å². The van der Waals surface area contributed by atoms with Crippen LogP contribution < -0.4 is 15.8 Å². The number of nitrogens with two attached hydrogens (primary N) is 1. The summed E-state index contributed by atoms with van der Waals surface area (Å²) < 4.78 is 31.9. The summed E-state index contributed by atoms with van der Waals surface area (Å²) in [6, 6.07) is 6.63. The molecule has 0 unspecified atom stereocenters. The highest BCUT2D eigenvalue weighted by molar-refractivity contribution is 6.30. The number of ether oxygens (including phenoxy) is 1. The maximum Gasteiger partial charge on any atom is 0.167 e. The van der Waals surface area contributed by atoms with Gasteiger partial charge in [0, 0.05) is 17.2 Å². The van der Waals surface area contributed by atoms with Crippen LogP contribution in [0.3, 0.4) is 0 Å². The Morgan fingerprint density at radius 2 is 1.84 bits per heavy atom. The molecule has 3 N–H and O–H groups in total. The monoisotopic (exact) mass is 284 g/mol. The van der Waals surface area contributed by atoms with E-state index >= 15 is 0 Å². The van der Waals surface area contributed by atoms with Crippen molar-refractivity contribution in [3.05, 3.63) is 47.0 Å². The van der Waals surface area contributed by atoms with E-state index < -0.39 is 11.6 Å². The Bertz CT molecular complexity index is 620. The van der Waals surface area contributed by atoms with Gasteiger partial charge in [0.1, 0.15) is 5.82 Å². The van der Waals surface area contributed by atoms with E-state index in [4.69, 9.17) is 22.1 Å². The minimum atomic E-state index is -0.581. The van der Waals surface area contributed by atoms with E-state index in [9.17, 15) is 8.78 Å². The van der Waals surface area contributed by atoms with Gasteiger partial charge in [-0.15, -0.1) is 0 Å². The van der Waals surface area contributed by atoms with Crippen molar-refractivity contribution < 1.29 is 13.5 Å². The van der Waals surface area contributed by atoms with E-state index in [-0.39, 0.29) is 22.1 Å². The van der Waals surface area contributed by atoms with Gasteiger partial charge in [-0.3, -0.25) is 0 Å². The first-order valence-corrected chi connectivity index (χ1v) is 5.74. The van der Waals surface area contributed by atoms with Gasteiger partial charge in [-0.25, -0.2) is 8.78 Å². The van der Waals surface area contributed by atoms with Crippen LogP contribution in [0.2, 0.25) is 5.02 Å². The van der Waals surface area contributed by atoms with Crippen LogP contribution in [-0.2, 0) is 0 Å². The number of halogens is 3. The van der Waals surface area contributed by atoms with Crippen molar-refractivity contribution in [3.63, 3.8) is 0 Å². The van der Waals surface area contributed by atoms with Crippen LogP contribution in [-0.4, -0.2) is 7.11 Å². The van der Waals surface area contributed by atoms with Gasteiger partial charge in [-0.1, -0.05) is 11.6 Å². The summed E-state index contributed by atoms with van der Waals surface area (Å²) in [4.78, 5) is 0. The third-order valence-electron chi connectivity index (χ3n) is 2.52. The van der Waals surface area contributed by atoms with E-state index in [1.54, 1.807) is 0 Å². The van der Waals surface area contributed by atoms with Crippen molar-refractivity contribution in [1.82, 2.24) is 0 Å². The summed E-state index contributed by atoms with van der Waals surface area (Å²) in [6.07, 6.45) is 0. The first-order valence-electron chi connectivity index (χ1n) is 5.36. The number of hydrogen-bond donors (Lipinski definition) is 2. The fraction of sp³-hybridized carbons (Fsp3) is 0.0769. The SMILES string of the molecule is COc1cc(Nc2ccc(Cl)cc2F)c(N)cc1F. The van der Waals surface area contributed by atoms with E-state index in [2.05, 4.69) is 5.32 Å². The summed E-state index contributed by atoms with van der Waals surface area (Å²) in [6.45, 7) is 0. The number of anilines is 3. The normalized spacial score (nSPS) is 10.3. The summed E-state index contributed by atoms with van der Waals surface area (Å²) in [5.41, 5.74) is 6.34. The van der Waals surface area contributed by atoms with Crippen molar-refractivity contribution in [2.75, 3.05) is 18.2 Å². The molecule has 0 fully saturated rings. The van der Waals surface area contributed by atoms with Gasteiger partial charge in [0.15, 0.2) is 11.6 Å². The minimum Gasteiger partial charge on any atom is -0.494 e. The molecule has 2 aromatic carbocycles. The van der Waals surface area contributed by atoms with Gasteiger partial charge in [-0.05, 0) is 18.2 Å². The molecule has 0 saturated heterocycles. The number of nitrogen functional groups attached to an aromatic ring is 1.